The summed E-state index contributed by atoms with van der Waals surface area (Å²) in [5, 5.41) is 13.0. The predicted molar refractivity (Wildman–Crippen MR) is 61.2 cm³/mol. The highest BCUT2D eigenvalue weighted by Gasteiger charge is 2.49. The zero-order valence-corrected chi connectivity index (χ0v) is 10.1. The minimum atomic E-state index is -0.244. The van der Waals surface area contributed by atoms with Gasteiger partial charge in [0, 0.05) is 0 Å². The van der Waals surface area contributed by atoms with Crippen LogP contribution in [0.15, 0.2) is 0 Å². The Morgan fingerprint density at radius 3 is 2.47 bits per heavy atom. The van der Waals surface area contributed by atoms with Crippen molar-refractivity contribution in [3.05, 3.63) is 0 Å². The number of nitrogens with one attached hydrogen (secondary N) is 1. The van der Waals surface area contributed by atoms with Crippen LogP contribution in [0, 0.1) is 28.6 Å². The van der Waals surface area contributed by atoms with Crippen LogP contribution >= 0.6 is 0 Å². The minimum Gasteiger partial charge on any atom is -0.299 e. The van der Waals surface area contributed by atoms with E-state index in [4.69, 9.17) is 0 Å². The molecule has 2 atom stereocenters. The monoisotopic (exact) mass is 206 g/mol. The maximum Gasteiger partial charge on any atom is 0.109 e. The molecule has 2 heteroatoms. The summed E-state index contributed by atoms with van der Waals surface area (Å²) in [6.07, 6.45) is 4.88. The van der Waals surface area contributed by atoms with Crippen molar-refractivity contribution in [1.82, 2.24) is 5.32 Å². The van der Waals surface area contributed by atoms with Gasteiger partial charge in [0.25, 0.3) is 0 Å². The van der Waals surface area contributed by atoms with E-state index in [-0.39, 0.29) is 5.54 Å². The van der Waals surface area contributed by atoms with Crippen LogP contribution in [0.3, 0.4) is 0 Å². The lowest BCUT2D eigenvalue weighted by Crippen LogP contribution is -2.47. The van der Waals surface area contributed by atoms with Crippen molar-refractivity contribution in [3.8, 4) is 6.07 Å². The molecule has 2 aliphatic carbocycles. The molecule has 0 saturated heterocycles. The van der Waals surface area contributed by atoms with Crippen LogP contribution in [-0.4, -0.2) is 12.1 Å². The highest BCUT2D eigenvalue weighted by molar-refractivity contribution is 5.17. The quantitative estimate of drug-likeness (QED) is 0.770. The number of nitrogens with zero attached hydrogens (tertiary/aromatic N) is 1. The van der Waals surface area contributed by atoms with Gasteiger partial charge in [0.05, 0.1) is 6.07 Å². The average molecular weight is 206 g/mol. The number of hydrogen-bond acceptors (Lipinski definition) is 2. The van der Waals surface area contributed by atoms with E-state index in [2.05, 4.69) is 32.2 Å². The standard InChI is InChI=1S/C13H22N2/c1-10-6-12(2,3)8-13(10,9-14)15-7-11-4-5-11/h10-11,15H,4-8H2,1-3H3. The number of nitriles is 1. The van der Waals surface area contributed by atoms with E-state index < -0.39 is 0 Å². The smallest absolute Gasteiger partial charge is 0.109 e. The van der Waals surface area contributed by atoms with Gasteiger partial charge in [-0.3, -0.25) is 5.32 Å². The van der Waals surface area contributed by atoms with Crippen LogP contribution in [0.1, 0.15) is 46.5 Å². The molecule has 2 nitrogen and oxygen atoms in total. The Balaban J connectivity index is 2.03. The van der Waals surface area contributed by atoms with Crippen LogP contribution in [0.25, 0.3) is 0 Å². The van der Waals surface area contributed by atoms with E-state index in [1.54, 1.807) is 0 Å². The molecule has 0 heterocycles. The van der Waals surface area contributed by atoms with E-state index in [1.165, 1.54) is 12.8 Å². The fraction of sp³-hybridized carbons (Fsp3) is 0.923. The fourth-order valence-electron chi connectivity index (χ4n) is 3.08. The molecule has 0 amide bonds. The maximum atomic E-state index is 9.44. The minimum absolute atomic E-state index is 0.244. The third kappa shape index (κ3) is 2.18. The van der Waals surface area contributed by atoms with E-state index in [9.17, 15) is 5.26 Å². The van der Waals surface area contributed by atoms with Crippen LogP contribution in [-0.2, 0) is 0 Å². The van der Waals surface area contributed by atoms with Crippen LogP contribution < -0.4 is 5.32 Å². The molecule has 2 saturated carbocycles. The first-order chi connectivity index (χ1) is 6.97. The highest BCUT2D eigenvalue weighted by Crippen LogP contribution is 2.47. The fourth-order valence-corrected chi connectivity index (χ4v) is 3.08. The van der Waals surface area contributed by atoms with Crippen molar-refractivity contribution in [3.63, 3.8) is 0 Å². The molecule has 2 rings (SSSR count). The van der Waals surface area contributed by atoms with Gasteiger partial charge < -0.3 is 0 Å². The molecule has 2 fully saturated rings. The molecule has 1 N–H and O–H groups in total. The number of hydrogen-bond donors (Lipinski definition) is 1. The van der Waals surface area contributed by atoms with Gasteiger partial charge in [0.2, 0.25) is 0 Å². The Morgan fingerprint density at radius 2 is 2.07 bits per heavy atom. The number of rotatable bonds is 3. The summed E-state index contributed by atoms with van der Waals surface area (Å²) in [4.78, 5) is 0. The highest BCUT2D eigenvalue weighted by atomic mass is 15.0. The summed E-state index contributed by atoms with van der Waals surface area (Å²) in [6, 6.07) is 2.55. The van der Waals surface area contributed by atoms with Crippen molar-refractivity contribution in [2.45, 2.75) is 52.0 Å². The van der Waals surface area contributed by atoms with Gasteiger partial charge in [0.1, 0.15) is 5.54 Å². The van der Waals surface area contributed by atoms with Crippen LogP contribution in [0.5, 0.6) is 0 Å². The largest absolute Gasteiger partial charge is 0.299 e. The lowest BCUT2D eigenvalue weighted by molar-refractivity contribution is 0.317. The Kier molecular flexibility index (Phi) is 2.55. The molecule has 15 heavy (non-hydrogen) atoms. The molecule has 2 aliphatic rings. The van der Waals surface area contributed by atoms with E-state index in [1.807, 2.05) is 0 Å². The normalized spacial score (nSPS) is 38.9. The molecule has 0 bridgehead atoms. The average Bonchev–Trinajstić information content (AvgIpc) is 2.91. The van der Waals surface area contributed by atoms with Crippen molar-refractivity contribution >= 4 is 0 Å². The Labute approximate surface area is 93.0 Å². The lowest BCUT2D eigenvalue weighted by Gasteiger charge is -2.28. The molecule has 0 aliphatic heterocycles. The van der Waals surface area contributed by atoms with Gasteiger partial charge in [-0.2, -0.15) is 5.26 Å². The predicted octanol–water partition coefficient (Wildman–Crippen LogP) is 2.70. The first-order valence-corrected chi connectivity index (χ1v) is 6.14. The van der Waals surface area contributed by atoms with Gasteiger partial charge in [-0.25, -0.2) is 0 Å². The molecule has 0 aromatic rings. The van der Waals surface area contributed by atoms with Gasteiger partial charge in [-0.05, 0) is 49.5 Å². The lowest BCUT2D eigenvalue weighted by atomic mass is 9.87. The van der Waals surface area contributed by atoms with Crippen LogP contribution in [0.2, 0.25) is 0 Å². The zero-order chi connectivity index (χ0) is 11.1. The van der Waals surface area contributed by atoms with Crippen molar-refractivity contribution in [1.29, 1.82) is 5.26 Å². The third-order valence-electron chi connectivity index (χ3n) is 4.06. The third-order valence-corrected chi connectivity index (χ3v) is 4.06. The zero-order valence-electron chi connectivity index (χ0n) is 10.1. The van der Waals surface area contributed by atoms with E-state index in [0.29, 0.717) is 11.3 Å². The summed E-state index contributed by atoms with van der Waals surface area (Å²) in [5.74, 6) is 1.34. The van der Waals surface area contributed by atoms with Crippen LogP contribution in [0.4, 0.5) is 0 Å². The molecule has 0 radical (unpaired) electrons. The molecule has 84 valence electrons. The Bertz CT molecular complexity index is 285. The second-order valence-electron chi connectivity index (χ2n) is 6.35. The van der Waals surface area contributed by atoms with Gasteiger partial charge in [-0.15, -0.1) is 0 Å². The Morgan fingerprint density at radius 1 is 1.40 bits per heavy atom. The van der Waals surface area contributed by atoms with E-state index >= 15 is 0 Å². The first-order valence-electron chi connectivity index (χ1n) is 6.14. The van der Waals surface area contributed by atoms with E-state index in [0.717, 1.165) is 25.3 Å². The molecule has 0 aromatic heterocycles. The summed E-state index contributed by atoms with van der Waals surface area (Å²) in [5.41, 5.74) is 0.0811. The molecular weight excluding hydrogens is 184 g/mol. The van der Waals surface area contributed by atoms with Gasteiger partial charge in [-0.1, -0.05) is 20.8 Å². The molecule has 2 unspecified atom stereocenters. The first kappa shape index (κ1) is 11.0. The van der Waals surface area contributed by atoms with Gasteiger partial charge >= 0.3 is 0 Å². The van der Waals surface area contributed by atoms with Crippen molar-refractivity contribution in [2.24, 2.45) is 17.3 Å². The van der Waals surface area contributed by atoms with Crippen molar-refractivity contribution in [2.75, 3.05) is 6.54 Å². The van der Waals surface area contributed by atoms with Crippen molar-refractivity contribution < 1.29 is 0 Å². The maximum absolute atomic E-state index is 9.44. The summed E-state index contributed by atoms with van der Waals surface area (Å²) < 4.78 is 0. The summed E-state index contributed by atoms with van der Waals surface area (Å²) >= 11 is 0. The summed E-state index contributed by atoms with van der Waals surface area (Å²) in [7, 11) is 0. The molecule has 0 spiro atoms. The van der Waals surface area contributed by atoms with Gasteiger partial charge in [0.15, 0.2) is 0 Å². The molecular formula is C13H22N2. The second-order valence-corrected chi connectivity index (χ2v) is 6.35. The SMILES string of the molecule is CC1CC(C)(C)CC1(C#N)NCC1CC1. The topological polar surface area (TPSA) is 35.8 Å². The summed E-state index contributed by atoms with van der Waals surface area (Å²) in [6.45, 7) is 7.83. The Hall–Kier alpha value is -0.550. The molecule has 0 aromatic carbocycles. The second kappa shape index (κ2) is 3.49.